The van der Waals surface area contributed by atoms with E-state index in [1.165, 1.54) is 0 Å². The van der Waals surface area contributed by atoms with Gasteiger partial charge in [-0.05, 0) is 31.6 Å². The Kier molecular flexibility index (Phi) is 4.15. The van der Waals surface area contributed by atoms with Crippen LogP contribution in [0.25, 0.3) is 0 Å². The lowest BCUT2D eigenvalue weighted by molar-refractivity contribution is -0.138. The standard InChI is InChI=1S/C13H18F3N3O2/c14-13(15,16)11(17)9-3-4-19(12(9)18)8-2-1-7(5-8)6-10(20)21/h7-8,17H,1-6,18H2,(H,20,21). The molecule has 2 unspecified atom stereocenters. The van der Waals surface area contributed by atoms with Gasteiger partial charge in [0.25, 0.3) is 0 Å². The van der Waals surface area contributed by atoms with E-state index in [-0.39, 0.29) is 36.2 Å². The summed E-state index contributed by atoms with van der Waals surface area (Å²) in [6.07, 6.45) is -2.39. The Balaban J connectivity index is 2.05. The maximum Gasteiger partial charge on any atom is 0.433 e. The van der Waals surface area contributed by atoms with Crippen LogP contribution in [0.3, 0.4) is 0 Å². The number of nitrogens with two attached hydrogens (primary N) is 1. The van der Waals surface area contributed by atoms with Gasteiger partial charge in [0.15, 0.2) is 0 Å². The number of carbonyl (C=O) groups is 1. The number of hydrogen-bond donors (Lipinski definition) is 3. The third kappa shape index (κ3) is 3.30. The number of carboxylic acid groups (broad SMARTS) is 1. The lowest BCUT2D eigenvalue weighted by atomic mass is 10.0. The van der Waals surface area contributed by atoms with Gasteiger partial charge in [-0.25, -0.2) is 0 Å². The van der Waals surface area contributed by atoms with E-state index in [2.05, 4.69) is 0 Å². The van der Waals surface area contributed by atoms with Gasteiger partial charge in [0, 0.05) is 24.6 Å². The molecule has 1 fully saturated rings. The fourth-order valence-corrected chi connectivity index (χ4v) is 3.22. The van der Waals surface area contributed by atoms with Crippen molar-refractivity contribution in [2.24, 2.45) is 11.7 Å². The number of halogens is 3. The van der Waals surface area contributed by atoms with Gasteiger partial charge >= 0.3 is 12.1 Å². The second kappa shape index (κ2) is 5.57. The molecule has 2 aliphatic rings. The molecule has 1 aliphatic carbocycles. The van der Waals surface area contributed by atoms with Crippen molar-refractivity contribution in [2.45, 2.75) is 44.3 Å². The van der Waals surface area contributed by atoms with Crippen LogP contribution in [0.5, 0.6) is 0 Å². The molecule has 1 heterocycles. The molecule has 0 aromatic heterocycles. The van der Waals surface area contributed by atoms with Crippen molar-refractivity contribution < 1.29 is 23.1 Å². The smallest absolute Gasteiger partial charge is 0.433 e. The van der Waals surface area contributed by atoms with Crippen molar-refractivity contribution in [3.05, 3.63) is 11.4 Å². The molecule has 0 amide bonds. The Morgan fingerprint density at radius 1 is 1.43 bits per heavy atom. The monoisotopic (exact) mass is 305 g/mol. The summed E-state index contributed by atoms with van der Waals surface area (Å²) in [5.74, 6) is -0.783. The SMILES string of the molecule is N=C(C1=C(N)N(C2CCC(CC(=O)O)C2)CC1)C(F)(F)F. The van der Waals surface area contributed by atoms with Gasteiger partial charge in [0.1, 0.15) is 11.5 Å². The van der Waals surface area contributed by atoms with Crippen LogP contribution in [0.2, 0.25) is 0 Å². The summed E-state index contributed by atoms with van der Waals surface area (Å²) in [6.45, 7) is 0.365. The van der Waals surface area contributed by atoms with Crippen molar-refractivity contribution in [3.63, 3.8) is 0 Å². The molecule has 1 aliphatic heterocycles. The summed E-state index contributed by atoms with van der Waals surface area (Å²) in [5, 5.41) is 16.0. The zero-order valence-electron chi connectivity index (χ0n) is 11.4. The molecule has 5 nitrogen and oxygen atoms in total. The third-order valence-electron chi connectivity index (χ3n) is 4.22. The zero-order valence-corrected chi connectivity index (χ0v) is 11.4. The topological polar surface area (TPSA) is 90.4 Å². The summed E-state index contributed by atoms with van der Waals surface area (Å²) in [6, 6.07) is -0.0205. The summed E-state index contributed by atoms with van der Waals surface area (Å²) in [4.78, 5) is 12.4. The fourth-order valence-electron chi connectivity index (χ4n) is 3.22. The van der Waals surface area contributed by atoms with Crippen LogP contribution in [0.1, 0.15) is 32.1 Å². The first-order valence-corrected chi connectivity index (χ1v) is 6.83. The highest BCUT2D eigenvalue weighted by molar-refractivity contribution is 6.02. The number of rotatable bonds is 4. The van der Waals surface area contributed by atoms with Crippen molar-refractivity contribution in [2.75, 3.05) is 6.54 Å². The van der Waals surface area contributed by atoms with E-state index in [1.807, 2.05) is 0 Å². The fraction of sp³-hybridized carbons (Fsp3) is 0.692. The van der Waals surface area contributed by atoms with E-state index in [4.69, 9.17) is 16.2 Å². The number of nitrogens with one attached hydrogen (secondary N) is 1. The van der Waals surface area contributed by atoms with Crippen molar-refractivity contribution in [1.29, 1.82) is 5.41 Å². The van der Waals surface area contributed by atoms with E-state index < -0.39 is 17.9 Å². The average Bonchev–Trinajstić information content (AvgIpc) is 2.93. The molecule has 8 heteroatoms. The van der Waals surface area contributed by atoms with Crippen LogP contribution in [-0.2, 0) is 4.79 Å². The number of alkyl halides is 3. The summed E-state index contributed by atoms with van der Waals surface area (Å²) in [5.41, 5.74) is 4.27. The highest BCUT2D eigenvalue weighted by Gasteiger charge is 2.42. The van der Waals surface area contributed by atoms with Gasteiger partial charge in [0.05, 0.1) is 0 Å². The lowest BCUT2D eigenvalue weighted by Crippen LogP contribution is -2.34. The number of hydrogen-bond acceptors (Lipinski definition) is 4. The van der Waals surface area contributed by atoms with Crippen LogP contribution in [0.4, 0.5) is 13.2 Å². The van der Waals surface area contributed by atoms with Crippen LogP contribution in [0.15, 0.2) is 11.4 Å². The Bertz CT molecular complexity index is 488. The molecule has 2 rings (SSSR count). The Labute approximate surface area is 120 Å². The number of aliphatic carboxylic acids is 1. The normalized spacial score (nSPS) is 26.5. The minimum Gasteiger partial charge on any atom is -0.481 e. The molecule has 0 aromatic carbocycles. The van der Waals surface area contributed by atoms with Crippen LogP contribution in [-0.4, -0.2) is 40.5 Å². The maximum absolute atomic E-state index is 12.6. The van der Waals surface area contributed by atoms with E-state index in [0.717, 1.165) is 12.8 Å². The third-order valence-corrected chi connectivity index (χ3v) is 4.22. The van der Waals surface area contributed by atoms with E-state index >= 15 is 0 Å². The maximum atomic E-state index is 12.6. The molecule has 0 bridgehead atoms. The molecule has 21 heavy (non-hydrogen) atoms. The van der Waals surface area contributed by atoms with Gasteiger partial charge in [-0.2, -0.15) is 13.2 Å². The molecule has 1 saturated carbocycles. The Hall–Kier alpha value is -1.73. The van der Waals surface area contributed by atoms with Crippen molar-refractivity contribution in [3.8, 4) is 0 Å². The minimum absolute atomic E-state index is 0.0205. The number of carboxylic acids is 1. The lowest BCUT2D eigenvalue weighted by Gasteiger charge is -2.27. The van der Waals surface area contributed by atoms with E-state index in [0.29, 0.717) is 13.0 Å². The summed E-state index contributed by atoms with van der Waals surface area (Å²) in [7, 11) is 0. The first kappa shape index (κ1) is 15.7. The molecular weight excluding hydrogens is 287 g/mol. The van der Waals surface area contributed by atoms with Gasteiger partial charge < -0.3 is 15.7 Å². The Morgan fingerprint density at radius 2 is 2.10 bits per heavy atom. The van der Waals surface area contributed by atoms with Gasteiger partial charge in [0.2, 0.25) is 0 Å². The molecule has 0 spiro atoms. The summed E-state index contributed by atoms with van der Waals surface area (Å²) < 4.78 is 37.8. The molecule has 4 N–H and O–H groups in total. The average molecular weight is 305 g/mol. The van der Waals surface area contributed by atoms with Crippen LogP contribution < -0.4 is 5.73 Å². The van der Waals surface area contributed by atoms with Gasteiger partial charge in [-0.3, -0.25) is 10.2 Å². The van der Waals surface area contributed by atoms with E-state index in [1.54, 1.807) is 4.90 Å². The summed E-state index contributed by atoms with van der Waals surface area (Å²) >= 11 is 0. The zero-order chi connectivity index (χ0) is 15.8. The van der Waals surface area contributed by atoms with E-state index in [9.17, 15) is 18.0 Å². The molecule has 0 radical (unpaired) electrons. The van der Waals surface area contributed by atoms with Crippen molar-refractivity contribution >= 4 is 11.7 Å². The minimum atomic E-state index is -4.68. The predicted octanol–water partition coefficient (Wildman–Crippen LogP) is 2.09. The molecule has 0 saturated heterocycles. The van der Waals surface area contributed by atoms with Crippen LogP contribution in [0, 0.1) is 11.3 Å². The first-order chi connectivity index (χ1) is 9.70. The largest absolute Gasteiger partial charge is 0.481 e. The quantitative estimate of drug-likeness (QED) is 0.694. The number of nitrogens with zero attached hydrogens (tertiary/aromatic N) is 1. The molecule has 118 valence electrons. The Morgan fingerprint density at radius 3 is 2.67 bits per heavy atom. The first-order valence-electron chi connectivity index (χ1n) is 6.83. The van der Waals surface area contributed by atoms with Crippen molar-refractivity contribution in [1.82, 2.24) is 4.90 Å². The van der Waals surface area contributed by atoms with Gasteiger partial charge in [-0.1, -0.05) is 0 Å². The highest BCUT2D eigenvalue weighted by atomic mass is 19.4. The molecular formula is C13H18F3N3O2. The second-order valence-corrected chi connectivity index (χ2v) is 5.61. The molecule has 2 atom stereocenters. The predicted molar refractivity (Wildman–Crippen MR) is 69.7 cm³/mol. The van der Waals surface area contributed by atoms with Gasteiger partial charge in [-0.15, -0.1) is 0 Å². The second-order valence-electron chi connectivity index (χ2n) is 5.61. The van der Waals surface area contributed by atoms with Crippen LogP contribution >= 0.6 is 0 Å². The molecule has 0 aromatic rings. The highest BCUT2D eigenvalue weighted by Crippen LogP contribution is 2.37.